The van der Waals surface area contributed by atoms with Crippen LogP contribution in [0.2, 0.25) is 10.0 Å². The molecule has 94 valence electrons. The Morgan fingerprint density at radius 3 is 2.24 bits per heavy atom. The molecule has 17 heavy (non-hydrogen) atoms. The molecule has 1 aromatic rings. The molecule has 1 rings (SSSR count). The zero-order valence-electron chi connectivity index (χ0n) is 9.04. The number of rotatable bonds is 4. The van der Waals surface area contributed by atoms with Gasteiger partial charge in [0.1, 0.15) is 6.61 Å². The third kappa shape index (κ3) is 3.89. The summed E-state index contributed by atoms with van der Waals surface area (Å²) in [6.45, 7) is 5.68. The maximum absolute atomic E-state index is 11.1. The molecule has 4 nitrogen and oxygen atoms in total. The van der Waals surface area contributed by atoms with E-state index in [4.69, 9.17) is 33.1 Å². The van der Waals surface area contributed by atoms with Crippen molar-refractivity contribution >= 4 is 33.2 Å². The normalized spacial score (nSPS) is 11.3. The molecule has 7 heteroatoms. The van der Waals surface area contributed by atoms with Gasteiger partial charge in [-0.05, 0) is 24.6 Å². The first-order valence-corrected chi connectivity index (χ1v) is 6.81. The molecule has 0 saturated heterocycles. The summed E-state index contributed by atoms with van der Waals surface area (Å²) in [5.74, 6) is 0.212. The molecular formula is C10H11Cl2NO3S. The van der Waals surface area contributed by atoms with Crippen molar-refractivity contribution in [3.8, 4) is 5.75 Å². The molecule has 0 saturated carbocycles. The van der Waals surface area contributed by atoms with Crippen molar-refractivity contribution in [1.29, 1.82) is 0 Å². The van der Waals surface area contributed by atoms with Gasteiger partial charge in [-0.2, -0.15) is 0 Å². The Balaban J connectivity index is 3.15. The largest absolute Gasteiger partial charge is 0.486 e. The molecule has 0 unspecified atom stereocenters. The predicted molar refractivity (Wildman–Crippen MR) is 68.1 cm³/mol. The van der Waals surface area contributed by atoms with Gasteiger partial charge in [-0.1, -0.05) is 29.8 Å². The first-order valence-electron chi connectivity index (χ1n) is 4.51. The van der Waals surface area contributed by atoms with Gasteiger partial charge in [0, 0.05) is 0 Å². The quantitative estimate of drug-likeness (QED) is 0.868. The molecule has 0 amide bonds. The second-order valence-electron chi connectivity index (χ2n) is 3.51. The average molecular weight is 296 g/mol. The summed E-state index contributed by atoms with van der Waals surface area (Å²) >= 11 is 11.7. The van der Waals surface area contributed by atoms with Crippen LogP contribution in [-0.2, 0) is 10.0 Å². The Bertz CT molecular complexity index is 532. The van der Waals surface area contributed by atoms with Crippen molar-refractivity contribution in [3.05, 3.63) is 34.3 Å². The van der Waals surface area contributed by atoms with E-state index in [0.29, 0.717) is 0 Å². The predicted octanol–water partition coefficient (Wildman–Crippen LogP) is 2.60. The van der Waals surface area contributed by atoms with Gasteiger partial charge in [-0.15, -0.1) is 0 Å². The minimum atomic E-state index is -3.84. The number of nitrogens with two attached hydrogens (primary N) is 1. The molecule has 0 radical (unpaired) electrons. The first-order chi connectivity index (χ1) is 7.71. The number of ether oxygens (including phenoxy) is 1. The monoisotopic (exact) mass is 295 g/mol. The van der Waals surface area contributed by atoms with E-state index < -0.39 is 10.0 Å². The van der Waals surface area contributed by atoms with Crippen molar-refractivity contribution in [2.24, 2.45) is 5.14 Å². The third-order valence-corrected chi connectivity index (χ3v) is 3.22. The summed E-state index contributed by atoms with van der Waals surface area (Å²) in [5.41, 5.74) is 0.785. The zero-order chi connectivity index (χ0) is 13.2. The van der Waals surface area contributed by atoms with Gasteiger partial charge < -0.3 is 4.74 Å². The van der Waals surface area contributed by atoms with Crippen molar-refractivity contribution in [2.45, 2.75) is 11.8 Å². The van der Waals surface area contributed by atoms with Crippen LogP contribution < -0.4 is 9.88 Å². The molecule has 2 N–H and O–H groups in total. The number of primary sulfonamides is 1. The highest BCUT2D eigenvalue weighted by molar-refractivity contribution is 7.89. The second kappa shape index (κ2) is 5.27. The number of hydrogen-bond donors (Lipinski definition) is 1. The lowest BCUT2D eigenvalue weighted by Crippen LogP contribution is -2.12. The topological polar surface area (TPSA) is 69.4 Å². The summed E-state index contributed by atoms with van der Waals surface area (Å²) in [6.07, 6.45) is 0. The molecule has 0 atom stereocenters. The van der Waals surface area contributed by atoms with Gasteiger partial charge in [0.05, 0.1) is 14.9 Å². The fourth-order valence-electron chi connectivity index (χ4n) is 1.03. The van der Waals surface area contributed by atoms with E-state index in [2.05, 4.69) is 6.58 Å². The molecule has 0 heterocycles. The summed E-state index contributed by atoms with van der Waals surface area (Å²) < 4.78 is 27.5. The van der Waals surface area contributed by atoms with Crippen molar-refractivity contribution in [2.75, 3.05) is 6.61 Å². The van der Waals surface area contributed by atoms with E-state index in [0.717, 1.165) is 5.57 Å². The SMILES string of the molecule is C=C(C)COc1c(Cl)cc(S(N)(=O)=O)cc1Cl. The highest BCUT2D eigenvalue weighted by Gasteiger charge is 2.15. The molecule has 0 aliphatic heterocycles. The summed E-state index contributed by atoms with van der Waals surface area (Å²) in [4.78, 5) is -0.157. The number of sulfonamides is 1. The molecule has 0 aliphatic rings. The van der Waals surface area contributed by atoms with Crippen LogP contribution in [0.5, 0.6) is 5.75 Å². The van der Waals surface area contributed by atoms with Crippen LogP contribution in [0.1, 0.15) is 6.92 Å². The number of benzene rings is 1. The van der Waals surface area contributed by atoms with Crippen LogP contribution >= 0.6 is 23.2 Å². The van der Waals surface area contributed by atoms with Crippen LogP contribution in [0.25, 0.3) is 0 Å². The van der Waals surface area contributed by atoms with E-state index in [1.807, 2.05) is 0 Å². The molecule has 0 aliphatic carbocycles. The van der Waals surface area contributed by atoms with Crippen molar-refractivity contribution < 1.29 is 13.2 Å². The van der Waals surface area contributed by atoms with E-state index in [1.54, 1.807) is 6.92 Å². The molecule has 0 bridgehead atoms. The Labute approximate surface area is 110 Å². The van der Waals surface area contributed by atoms with Gasteiger partial charge >= 0.3 is 0 Å². The van der Waals surface area contributed by atoms with Gasteiger partial charge in [-0.25, -0.2) is 13.6 Å². The van der Waals surface area contributed by atoms with E-state index >= 15 is 0 Å². The highest BCUT2D eigenvalue weighted by Crippen LogP contribution is 2.35. The maximum atomic E-state index is 11.1. The fourth-order valence-corrected chi connectivity index (χ4v) is 2.32. The molecular weight excluding hydrogens is 285 g/mol. The van der Waals surface area contributed by atoms with Gasteiger partial charge in [0.2, 0.25) is 10.0 Å². The molecule has 0 fully saturated rings. The van der Waals surface area contributed by atoms with Gasteiger partial charge in [0.25, 0.3) is 0 Å². The Kier molecular flexibility index (Phi) is 4.43. The maximum Gasteiger partial charge on any atom is 0.238 e. The number of halogens is 2. The lowest BCUT2D eigenvalue weighted by molar-refractivity contribution is 0.353. The Hall–Kier alpha value is -0.750. The summed E-state index contributed by atoms with van der Waals surface area (Å²) in [7, 11) is -3.84. The summed E-state index contributed by atoms with van der Waals surface area (Å²) in [5, 5.41) is 5.14. The second-order valence-corrected chi connectivity index (χ2v) is 5.88. The standard InChI is InChI=1S/C10H11Cl2NO3S/c1-6(2)5-16-10-8(11)3-7(4-9(10)12)17(13,14)15/h3-4H,1,5H2,2H3,(H2,13,14,15). The van der Waals surface area contributed by atoms with Crippen LogP contribution in [-0.4, -0.2) is 15.0 Å². The Morgan fingerprint density at radius 1 is 1.41 bits per heavy atom. The van der Waals surface area contributed by atoms with Crippen molar-refractivity contribution in [3.63, 3.8) is 0 Å². The molecule has 1 aromatic carbocycles. The molecule has 0 aromatic heterocycles. The van der Waals surface area contributed by atoms with Crippen molar-refractivity contribution in [1.82, 2.24) is 0 Å². The molecule has 0 spiro atoms. The highest BCUT2D eigenvalue weighted by atomic mass is 35.5. The third-order valence-electron chi connectivity index (χ3n) is 1.76. The Morgan fingerprint density at radius 2 is 1.88 bits per heavy atom. The van der Waals surface area contributed by atoms with E-state index in [1.165, 1.54) is 12.1 Å². The first kappa shape index (κ1) is 14.3. The lowest BCUT2D eigenvalue weighted by atomic mass is 10.3. The van der Waals surface area contributed by atoms with Crippen LogP contribution in [0.3, 0.4) is 0 Å². The van der Waals surface area contributed by atoms with Gasteiger partial charge in [-0.3, -0.25) is 0 Å². The number of hydrogen-bond acceptors (Lipinski definition) is 3. The minimum absolute atomic E-state index is 0.0859. The lowest BCUT2D eigenvalue weighted by Gasteiger charge is -2.11. The average Bonchev–Trinajstić information content (AvgIpc) is 2.14. The van der Waals surface area contributed by atoms with E-state index in [9.17, 15) is 8.42 Å². The minimum Gasteiger partial charge on any atom is -0.486 e. The smallest absolute Gasteiger partial charge is 0.238 e. The zero-order valence-corrected chi connectivity index (χ0v) is 11.4. The summed E-state index contributed by atoms with van der Waals surface area (Å²) in [6, 6.07) is 2.38. The van der Waals surface area contributed by atoms with Crippen LogP contribution in [0.15, 0.2) is 29.2 Å². The van der Waals surface area contributed by atoms with Crippen LogP contribution in [0, 0.1) is 0 Å². The van der Waals surface area contributed by atoms with E-state index in [-0.39, 0.29) is 27.3 Å². The fraction of sp³-hybridized carbons (Fsp3) is 0.200. The van der Waals surface area contributed by atoms with Gasteiger partial charge in [0.15, 0.2) is 5.75 Å². The van der Waals surface area contributed by atoms with Crippen LogP contribution in [0.4, 0.5) is 0 Å².